The number of carbonyl (C=O) groups is 2. The lowest BCUT2D eigenvalue weighted by Gasteiger charge is -2.26. The van der Waals surface area contributed by atoms with Gasteiger partial charge < -0.3 is 10.1 Å². The Morgan fingerprint density at radius 3 is 2.09 bits per heavy atom. The molecule has 1 heterocycles. The zero-order valence-corrected chi connectivity index (χ0v) is 21.0. The highest BCUT2D eigenvalue weighted by atomic mass is 16.5. The van der Waals surface area contributed by atoms with E-state index < -0.39 is 5.97 Å². The molecule has 1 amide bonds. The van der Waals surface area contributed by atoms with Crippen molar-refractivity contribution in [3.05, 3.63) is 71.4 Å². The summed E-state index contributed by atoms with van der Waals surface area (Å²) in [5.41, 5.74) is 4.54. The summed E-state index contributed by atoms with van der Waals surface area (Å²) in [6, 6.07) is 17.3. The molecule has 0 atom stereocenters. The van der Waals surface area contributed by atoms with E-state index in [2.05, 4.69) is 57.2 Å². The Labute approximate surface area is 202 Å². The van der Waals surface area contributed by atoms with Crippen molar-refractivity contribution in [3.8, 4) is 16.9 Å². The van der Waals surface area contributed by atoms with Gasteiger partial charge in [0.1, 0.15) is 0 Å². The molecule has 0 radical (unpaired) electrons. The molecule has 1 aromatic heterocycles. The van der Waals surface area contributed by atoms with Gasteiger partial charge in [-0.15, -0.1) is 0 Å². The Kier molecular flexibility index (Phi) is 8.26. The first kappa shape index (κ1) is 25.2. The molecular formula is C28H35N3O3. The molecule has 0 saturated carbocycles. The van der Waals surface area contributed by atoms with E-state index in [9.17, 15) is 9.59 Å². The molecule has 2 aromatic carbocycles. The number of rotatable bonds is 9. The average molecular weight is 462 g/mol. The van der Waals surface area contributed by atoms with Crippen LogP contribution in [-0.4, -0.2) is 34.3 Å². The molecular weight excluding hydrogens is 426 g/mol. The van der Waals surface area contributed by atoms with Gasteiger partial charge in [0.2, 0.25) is 0 Å². The summed E-state index contributed by atoms with van der Waals surface area (Å²) in [6.45, 7) is 12.6. The first-order chi connectivity index (χ1) is 16.2. The van der Waals surface area contributed by atoms with Crippen LogP contribution in [0.25, 0.3) is 16.9 Å². The number of hydrogen-bond donors (Lipinski definition) is 1. The monoisotopic (exact) mass is 461 g/mol. The van der Waals surface area contributed by atoms with Crippen molar-refractivity contribution in [1.82, 2.24) is 15.1 Å². The molecule has 0 saturated heterocycles. The van der Waals surface area contributed by atoms with Crippen molar-refractivity contribution in [2.75, 3.05) is 6.61 Å². The number of amides is 1. The van der Waals surface area contributed by atoms with Crippen LogP contribution in [0.1, 0.15) is 68.0 Å². The van der Waals surface area contributed by atoms with Crippen molar-refractivity contribution in [2.24, 2.45) is 11.8 Å². The average Bonchev–Trinajstić information content (AvgIpc) is 3.28. The van der Waals surface area contributed by atoms with Gasteiger partial charge in [-0.2, -0.15) is 5.10 Å². The maximum Gasteiger partial charge on any atom is 0.358 e. The zero-order valence-electron chi connectivity index (χ0n) is 21.0. The van der Waals surface area contributed by atoms with E-state index in [-0.39, 0.29) is 24.2 Å². The fourth-order valence-corrected chi connectivity index (χ4v) is 4.09. The van der Waals surface area contributed by atoms with Crippen LogP contribution in [0.5, 0.6) is 0 Å². The molecule has 3 aromatic rings. The van der Waals surface area contributed by atoms with Crippen LogP contribution in [0.4, 0.5) is 0 Å². The van der Waals surface area contributed by atoms with E-state index in [0.717, 1.165) is 23.4 Å². The Hall–Kier alpha value is -3.41. The Morgan fingerprint density at radius 2 is 1.56 bits per heavy atom. The van der Waals surface area contributed by atoms with Crippen LogP contribution in [0.3, 0.4) is 0 Å². The van der Waals surface area contributed by atoms with Crippen molar-refractivity contribution in [1.29, 1.82) is 0 Å². The summed E-state index contributed by atoms with van der Waals surface area (Å²) in [5.74, 6) is 0.129. The number of aryl methyl sites for hydroxylation is 1. The third-order valence-corrected chi connectivity index (χ3v) is 5.96. The normalized spacial score (nSPS) is 11.3. The largest absolute Gasteiger partial charge is 0.461 e. The minimum absolute atomic E-state index is 0.0954. The van der Waals surface area contributed by atoms with Crippen LogP contribution in [-0.2, 0) is 11.2 Å². The second-order valence-electron chi connectivity index (χ2n) is 9.13. The SMILES string of the molecule is CCOC(=O)c1cc(-c2ccc(CC)cc2)n(-c2ccc(C(=O)NC(C(C)C)C(C)C)cc2)n1. The lowest BCUT2D eigenvalue weighted by molar-refractivity contribution is 0.0518. The Bertz CT molecular complexity index is 1100. The highest BCUT2D eigenvalue weighted by Crippen LogP contribution is 2.25. The van der Waals surface area contributed by atoms with Gasteiger partial charge in [0, 0.05) is 17.2 Å². The molecule has 1 N–H and O–H groups in total. The number of ether oxygens (including phenoxy) is 1. The standard InChI is InChI=1S/C28H35N3O3/c1-7-20-9-11-21(12-10-20)25-17-24(28(33)34-8-2)30-31(25)23-15-13-22(14-16-23)27(32)29-26(18(3)4)19(5)6/h9-19,26H,7-8H2,1-6H3,(H,29,32). The van der Waals surface area contributed by atoms with Crippen LogP contribution in [0, 0.1) is 11.8 Å². The van der Waals surface area contributed by atoms with E-state index in [4.69, 9.17) is 4.74 Å². The second-order valence-corrected chi connectivity index (χ2v) is 9.13. The zero-order chi connectivity index (χ0) is 24.8. The summed E-state index contributed by atoms with van der Waals surface area (Å²) in [4.78, 5) is 25.2. The van der Waals surface area contributed by atoms with Gasteiger partial charge in [-0.1, -0.05) is 58.9 Å². The topological polar surface area (TPSA) is 73.2 Å². The summed E-state index contributed by atoms with van der Waals surface area (Å²) in [7, 11) is 0. The highest BCUT2D eigenvalue weighted by molar-refractivity contribution is 5.94. The van der Waals surface area contributed by atoms with Crippen molar-refractivity contribution in [2.45, 2.75) is 54.0 Å². The number of nitrogens with one attached hydrogen (secondary N) is 1. The minimum atomic E-state index is -0.461. The maximum absolute atomic E-state index is 12.8. The summed E-state index contributed by atoms with van der Waals surface area (Å²) >= 11 is 0. The fraction of sp³-hybridized carbons (Fsp3) is 0.393. The third-order valence-electron chi connectivity index (χ3n) is 5.96. The quantitative estimate of drug-likeness (QED) is 0.416. The number of nitrogens with zero attached hydrogens (tertiary/aromatic N) is 2. The van der Waals surface area contributed by atoms with Gasteiger partial charge in [0.05, 0.1) is 18.0 Å². The first-order valence-corrected chi connectivity index (χ1v) is 12.0. The fourth-order valence-electron chi connectivity index (χ4n) is 4.09. The van der Waals surface area contributed by atoms with Gasteiger partial charge in [-0.05, 0) is 61.1 Å². The Morgan fingerprint density at radius 1 is 0.941 bits per heavy atom. The van der Waals surface area contributed by atoms with E-state index >= 15 is 0 Å². The predicted molar refractivity (Wildman–Crippen MR) is 135 cm³/mol. The van der Waals surface area contributed by atoms with Crippen molar-refractivity contribution >= 4 is 11.9 Å². The summed E-state index contributed by atoms with van der Waals surface area (Å²) in [5, 5.41) is 7.68. The summed E-state index contributed by atoms with van der Waals surface area (Å²) in [6.07, 6.45) is 0.950. The van der Waals surface area contributed by atoms with E-state index in [1.807, 2.05) is 24.3 Å². The lowest BCUT2D eigenvalue weighted by atomic mass is 9.93. The Balaban J connectivity index is 1.94. The lowest BCUT2D eigenvalue weighted by Crippen LogP contribution is -2.42. The van der Waals surface area contributed by atoms with Crippen LogP contribution < -0.4 is 5.32 Å². The van der Waals surface area contributed by atoms with Gasteiger partial charge >= 0.3 is 5.97 Å². The van der Waals surface area contributed by atoms with Crippen LogP contribution in [0.2, 0.25) is 0 Å². The molecule has 0 spiro atoms. The third kappa shape index (κ3) is 5.74. The molecule has 0 unspecified atom stereocenters. The minimum Gasteiger partial charge on any atom is -0.461 e. The van der Waals surface area contributed by atoms with Crippen LogP contribution >= 0.6 is 0 Å². The van der Waals surface area contributed by atoms with Gasteiger partial charge in [0.15, 0.2) is 5.69 Å². The van der Waals surface area contributed by atoms with Gasteiger partial charge in [-0.25, -0.2) is 9.48 Å². The molecule has 6 nitrogen and oxygen atoms in total. The highest BCUT2D eigenvalue weighted by Gasteiger charge is 2.21. The van der Waals surface area contributed by atoms with Crippen molar-refractivity contribution < 1.29 is 14.3 Å². The second kappa shape index (κ2) is 11.1. The smallest absolute Gasteiger partial charge is 0.358 e. The van der Waals surface area contributed by atoms with Crippen molar-refractivity contribution in [3.63, 3.8) is 0 Å². The summed E-state index contributed by atoms with van der Waals surface area (Å²) < 4.78 is 6.88. The number of aromatic nitrogens is 2. The number of hydrogen-bond acceptors (Lipinski definition) is 4. The number of esters is 1. The predicted octanol–water partition coefficient (Wildman–Crippen LogP) is 5.69. The van der Waals surface area contributed by atoms with Gasteiger partial charge in [-0.3, -0.25) is 4.79 Å². The van der Waals surface area contributed by atoms with Crippen LogP contribution in [0.15, 0.2) is 54.6 Å². The molecule has 6 heteroatoms. The molecule has 0 fully saturated rings. The molecule has 0 aliphatic heterocycles. The molecule has 180 valence electrons. The molecule has 0 bridgehead atoms. The molecule has 34 heavy (non-hydrogen) atoms. The molecule has 3 rings (SSSR count). The maximum atomic E-state index is 12.8. The molecule has 0 aliphatic rings. The van der Waals surface area contributed by atoms with E-state index in [1.165, 1.54) is 5.56 Å². The van der Waals surface area contributed by atoms with E-state index in [0.29, 0.717) is 17.4 Å². The first-order valence-electron chi connectivity index (χ1n) is 12.0. The van der Waals surface area contributed by atoms with E-state index in [1.54, 1.807) is 29.8 Å². The number of carbonyl (C=O) groups excluding carboxylic acids is 2. The molecule has 0 aliphatic carbocycles. The van der Waals surface area contributed by atoms with Gasteiger partial charge in [0.25, 0.3) is 5.91 Å². The number of benzene rings is 2.